The largest absolute Gasteiger partial charge is 0.299 e. The highest BCUT2D eigenvalue weighted by atomic mass is 19.3. The summed E-state index contributed by atoms with van der Waals surface area (Å²) >= 11 is 0. The van der Waals surface area contributed by atoms with Gasteiger partial charge in [0.25, 0.3) is 5.92 Å². The molecule has 0 radical (unpaired) electrons. The van der Waals surface area contributed by atoms with Crippen molar-refractivity contribution in [1.82, 2.24) is 9.80 Å². The highest BCUT2D eigenvalue weighted by molar-refractivity contribution is 5.09. The molecule has 3 fully saturated rings. The fourth-order valence-electron chi connectivity index (χ4n) is 3.72. The smallest absolute Gasteiger partial charge is 0.268 e. The molecule has 118 valence electrons. The van der Waals surface area contributed by atoms with Crippen LogP contribution in [0.25, 0.3) is 0 Å². The molecule has 2 aliphatic heterocycles. The Labute approximate surface area is 122 Å². The van der Waals surface area contributed by atoms with Crippen molar-refractivity contribution in [3.05, 3.63) is 0 Å². The van der Waals surface area contributed by atoms with Gasteiger partial charge in [0.1, 0.15) is 0 Å². The minimum absolute atomic E-state index is 0.0145. The fourth-order valence-corrected chi connectivity index (χ4v) is 3.72. The first-order chi connectivity index (χ1) is 9.56. The van der Waals surface area contributed by atoms with E-state index >= 15 is 0 Å². The van der Waals surface area contributed by atoms with E-state index in [-0.39, 0.29) is 6.54 Å². The second kappa shape index (κ2) is 6.27. The summed E-state index contributed by atoms with van der Waals surface area (Å²) in [6.45, 7) is 9.01. The van der Waals surface area contributed by atoms with Crippen molar-refractivity contribution in [2.45, 2.75) is 64.8 Å². The van der Waals surface area contributed by atoms with Crippen molar-refractivity contribution in [3.8, 4) is 0 Å². The van der Waals surface area contributed by atoms with Gasteiger partial charge >= 0.3 is 0 Å². The molecule has 0 bridgehead atoms. The zero-order valence-electron chi connectivity index (χ0n) is 13.3. The fraction of sp³-hybridized carbons (Fsp3) is 1.00. The van der Waals surface area contributed by atoms with Crippen molar-refractivity contribution in [2.24, 2.45) is 5.41 Å². The maximum Gasteiger partial charge on any atom is 0.268 e. The van der Waals surface area contributed by atoms with Gasteiger partial charge in [0.2, 0.25) is 0 Å². The van der Waals surface area contributed by atoms with E-state index in [0.717, 1.165) is 19.5 Å². The molecule has 0 unspecified atom stereocenters. The Morgan fingerprint density at radius 3 is 2.20 bits per heavy atom. The Morgan fingerprint density at radius 1 is 1.10 bits per heavy atom. The molecule has 2 heterocycles. The lowest BCUT2D eigenvalue weighted by Gasteiger charge is -2.60. The normalized spacial score (nSPS) is 29.2. The van der Waals surface area contributed by atoms with E-state index < -0.39 is 11.3 Å². The number of hydrogen-bond acceptors (Lipinski definition) is 2. The molecule has 0 aromatic heterocycles. The Balaban J connectivity index is 0.000000704. The van der Waals surface area contributed by atoms with Crippen molar-refractivity contribution >= 4 is 0 Å². The SMILES string of the molecule is CC.CCCN1CCC2(CN(C3CCC3)C2)C(F)(F)C1. The van der Waals surface area contributed by atoms with Crippen LogP contribution in [0, 0.1) is 5.41 Å². The van der Waals surface area contributed by atoms with Crippen LogP contribution in [-0.2, 0) is 0 Å². The number of halogens is 2. The molecule has 3 rings (SSSR count). The topological polar surface area (TPSA) is 6.48 Å². The molecule has 1 aliphatic carbocycles. The van der Waals surface area contributed by atoms with Crippen molar-refractivity contribution in [2.75, 3.05) is 32.7 Å². The minimum Gasteiger partial charge on any atom is -0.299 e. The van der Waals surface area contributed by atoms with Crippen LogP contribution in [-0.4, -0.2) is 54.5 Å². The van der Waals surface area contributed by atoms with E-state index in [1.54, 1.807) is 0 Å². The van der Waals surface area contributed by atoms with E-state index in [2.05, 4.69) is 11.8 Å². The van der Waals surface area contributed by atoms with Crippen molar-refractivity contribution in [3.63, 3.8) is 0 Å². The number of hydrogen-bond donors (Lipinski definition) is 0. The average molecular weight is 288 g/mol. The van der Waals surface area contributed by atoms with Crippen LogP contribution < -0.4 is 0 Å². The van der Waals surface area contributed by atoms with Gasteiger partial charge in [0.15, 0.2) is 0 Å². The number of nitrogens with zero attached hydrogens (tertiary/aromatic N) is 2. The van der Waals surface area contributed by atoms with Gasteiger partial charge in [-0.3, -0.25) is 9.80 Å². The van der Waals surface area contributed by atoms with Crippen molar-refractivity contribution < 1.29 is 8.78 Å². The summed E-state index contributed by atoms with van der Waals surface area (Å²) in [5.74, 6) is -2.49. The van der Waals surface area contributed by atoms with Crippen LogP contribution in [0.4, 0.5) is 8.78 Å². The summed E-state index contributed by atoms with van der Waals surface area (Å²) in [4.78, 5) is 4.24. The second-order valence-electron chi connectivity index (χ2n) is 6.50. The van der Waals surface area contributed by atoms with Gasteiger partial charge in [-0.15, -0.1) is 0 Å². The molecule has 20 heavy (non-hydrogen) atoms. The number of rotatable bonds is 3. The number of piperidine rings is 1. The molecule has 0 amide bonds. The van der Waals surface area contributed by atoms with Gasteiger partial charge in [0, 0.05) is 19.1 Å². The summed E-state index contributed by atoms with van der Waals surface area (Å²) < 4.78 is 28.7. The third kappa shape index (κ3) is 2.74. The molecule has 0 aromatic rings. The Hall–Kier alpha value is -0.220. The van der Waals surface area contributed by atoms with Gasteiger partial charge in [-0.25, -0.2) is 8.78 Å². The third-order valence-electron chi connectivity index (χ3n) is 5.25. The van der Waals surface area contributed by atoms with Crippen LogP contribution in [0.15, 0.2) is 0 Å². The number of likely N-dealkylation sites (tertiary alicyclic amines) is 2. The maximum atomic E-state index is 14.4. The zero-order chi connectivity index (χ0) is 14.8. The predicted molar refractivity (Wildman–Crippen MR) is 79.3 cm³/mol. The molecule has 2 nitrogen and oxygen atoms in total. The molecule has 0 N–H and O–H groups in total. The van der Waals surface area contributed by atoms with Crippen LogP contribution in [0.5, 0.6) is 0 Å². The van der Waals surface area contributed by atoms with Gasteiger partial charge in [-0.1, -0.05) is 27.2 Å². The first kappa shape index (κ1) is 16.2. The molecule has 3 aliphatic rings. The second-order valence-corrected chi connectivity index (χ2v) is 6.50. The van der Waals surface area contributed by atoms with E-state index in [1.165, 1.54) is 19.3 Å². The Morgan fingerprint density at radius 2 is 1.75 bits per heavy atom. The van der Waals surface area contributed by atoms with Crippen molar-refractivity contribution in [1.29, 1.82) is 0 Å². The van der Waals surface area contributed by atoms with E-state index in [9.17, 15) is 8.78 Å². The third-order valence-corrected chi connectivity index (χ3v) is 5.25. The quantitative estimate of drug-likeness (QED) is 0.782. The molecule has 4 heteroatoms. The molecule has 2 saturated heterocycles. The molecule has 1 spiro atoms. The lowest BCUT2D eigenvalue weighted by molar-refractivity contribution is -0.235. The van der Waals surface area contributed by atoms with Gasteiger partial charge in [0.05, 0.1) is 12.0 Å². The summed E-state index contributed by atoms with van der Waals surface area (Å²) in [6.07, 6.45) is 5.39. The van der Waals surface area contributed by atoms with Crippen LogP contribution in [0.1, 0.15) is 52.9 Å². The van der Waals surface area contributed by atoms with E-state index in [1.807, 2.05) is 18.7 Å². The lowest BCUT2D eigenvalue weighted by Crippen LogP contribution is -2.72. The average Bonchev–Trinajstić information content (AvgIpc) is 2.30. The van der Waals surface area contributed by atoms with Crippen LogP contribution in [0.3, 0.4) is 0 Å². The Kier molecular flexibility index (Phi) is 5.06. The van der Waals surface area contributed by atoms with Crippen LogP contribution in [0.2, 0.25) is 0 Å². The molecule has 0 aromatic carbocycles. The summed E-state index contributed by atoms with van der Waals surface area (Å²) in [5, 5.41) is 0. The van der Waals surface area contributed by atoms with Gasteiger partial charge in [-0.2, -0.15) is 0 Å². The molecular weight excluding hydrogens is 258 g/mol. The molecular formula is C16H30F2N2. The monoisotopic (exact) mass is 288 g/mol. The standard InChI is InChI=1S/C14H24F2N2.C2H6/c1-2-7-17-8-6-13(14(15,16)11-17)9-18(10-13)12-4-3-5-12;1-2/h12H,2-11H2,1H3;1-2H3. The highest BCUT2D eigenvalue weighted by Gasteiger charge is 2.63. The predicted octanol–water partition coefficient (Wildman–Crippen LogP) is 3.62. The van der Waals surface area contributed by atoms with E-state index in [4.69, 9.17) is 0 Å². The number of alkyl halides is 2. The van der Waals surface area contributed by atoms with E-state index in [0.29, 0.717) is 25.6 Å². The first-order valence-corrected chi connectivity index (χ1v) is 8.41. The minimum atomic E-state index is -2.49. The summed E-state index contributed by atoms with van der Waals surface area (Å²) in [6, 6.07) is 0.625. The Bertz CT molecular complexity index is 310. The lowest BCUT2D eigenvalue weighted by atomic mass is 9.67. The molecule has 0 atom stereocenters. The first-order valence-electron chi connectivity index (χ1n) is 8.41. The maximum absolute atomic E-state index is 14.4. The summed E-state index contributed by atoms with van der Waals surface area (Å²) in [5.41, 5.74) is -0.688. The molecule has 1 saturated carbocycles. The zero-order valence-corrected chi connectivity index (χ0v) is 13.3. The van der Waals surface area contributed by atoms with Gasteiger partial charge < -0.3 is 0 Å². The summed E-state index contributed by atoms with van der Waals surface area (Å²) in [7, 11) is 0. The van der Waals surface area contributed by atoms with Crippen LogP contribution >= 0.6 is 0 Å². The van der Waals surface area contributed by atoms with Gasteiger partial charge in [-0.05, 0) is 38.8 Å². The highest BCUT2D eigenvalue weighted by Crippen LogP contribution is 2.51.